The minimum atomic E-state index is -4.69. The van der Waals surface area contributed by atoms with Gasteiger partial charge < -0.3 is 24.6 Å². The molecule has 10 nitrogen and oxygen atoms in total. The average molecular weight is 631 g/mol. The monoisotopic (exact) mass is 630 g/mol. The lowest BCUT2D eigenvalue weighted by molar-refractivity contribution is -0.137. The molecule has 1 N–H and O–H groups in total. The highest BCUT2D eigenvalue weighted by Gasteiger charge is 2.45. The molecule has 3 fully saturated rings. The van der Waals surface area contributed by atoms with Crippen LogP contribution in [0.15, 0.2) is 48.7 Å². The summed E-state index contributed by atoms with van der Waals surface area (Å²) in [5, 5.41) is 2.94. The van der Waals surface area contributed by atoms with Crippen LogP contribution in [0.2, 0.25) is 5.02 Å². The molecule has 5 heterocycles. The number of amides is 3. The van der Waals surface area contributed by atoms with Crippen molar-refractivity contribution in [2.24, 2.45) is 0 Å². The van der Waals surface area contributed by atoms with E-state index in [-0.39, 0.29) is 41.4 Å². The van der Waals surface area contributed by atoms with Gasteiger partial charge in [-0.05, 0) is 55.8 Å². The average Bonchev–Trinajstić information content (AvgIpc) is 3.64. The molecule has 1 aromatic carbocycles. The number of urea groups is 1. The zero-order chi connectivity index (χ0) is 31.0. The number of benzene rings is 1. The molecular formula is C30H30ClF3N6O4. The zero-order valence-corrected chi connectivity index (χ0v) is 24.6. The second-order valence-electron chi connectivity index (χ2n) is 10.7. The van der Waals surface area contributed by atoms with E-state index in [1.54, 1.807) is 29.3 Å². The molecule has 3 saturated heterocycles. The van der Waals surface area contributed by atoms with Crippen molar-refractivity contribution in [3.8, 4) is 17.1 Å². The number of rotatable bonds is 7. The van der Waals surface area contributed by atoms with E-state index in [9.17, 15) is 22.8 Å². The standard InChI is InChI=1S/C30H30ClF3N6O4/c1-2-44-28-21(4-3-10-35-28)23-6-8-25(26(37-23)27(41)36-19-9-13-43-17-19)38-11-12-39-20(15-38)16-40(29(39)42)24-7-5-18(31)14-22(24)30(32,33)34/h3-8,10,14,19-20H,2,9,11-13,15-17H2,1H3,(H,36,41)/t19?,20-/m0/s1. The fourth-order valence-corrected chi connectivity index (χ4v) is 6.03. The first-order valence-electron chi connectivity index (χ1n) is 14.3. The van der Waals surface area contributed by atoms with Gasteiger partial charge >= 0.3 is 12.2 Å². The van der Waals surface area contributed by atoms with Gasteiger partial charge in [-0.3, -0.25) is 9.69 Å². The Labute approximate surface area is 256 Å². The summed E-state index contributed by atoms with van der Waals surface area (Å²) >= 11 is 5.87. The van der Waals surface area contributed by atoms with Crippen molar-refractivity contribution in [3.05, 3.63) is 64.9 Å². The van der Waals surface area contributed by atoms with E-state index in [1.165, 1.54) is 12.1 Å². The van der Waals surface area contributed by atoms with Gasteiger partial charge in [0.1, 0.15) is 0 Å². The molecule has 3 aliphatic rings. The van der Waals surface area contributed by atoms with E-state index >= 15 is 0 Å². The Balaban J connectivity index is 1.30. The fraction of sp³-hybridized carbons (Fsp3) is 0.400. The third-order valence-corrected chi connectivity index (χ3v) is 8.17. The minimum absolute atomic E-state index is 0.0416. The number of alkyl halides is 3. The molecule has 232 valence electrons. The molecule has 0 aliphatic carbocycles. The van der Waals surface area contributed by atoms with E-state index in [4.69, 9.17) is 26.1 Å². The normalized spacial score (nSPS) is 20.2. The number of hydrogen-bond donors (Lipinski definition) is 1. The Kier molecular flexibility index (Phi) is 8.25. The number of anilines is 2. The van der Waals surface area contributed by atoms with Gasteiger partial charge in [0.2, 0.25) is 5.88 Å². The van der Waals surface area contributed by atoms with Crippen LogP contribution in [0.4, 0.5) is 29.3 Å². The Morgan fingerprint density at radius 2 is 1.98 bits per heavy atom. The number of aromatic nitrogens is 2. The molecule has 0 bridgehead atoms. The molecule has 0 radical (unpaired) electrons. The van der Waals surface area contributed by atoms with E-state index in [0.717, 1.165) is 11.0 Å². The first-order chi connectivity index (χ1) is 21.1. The Bertz CT molecular complexity index is 1570. The lowest BCUT2D eigenvalue weighted by Gasteiger charge is -2.38. The summed E-state index contributed by atoms with van der Waals surface area (Å²) in [5.74, 6) is 0.0196. The number of piperazine rings is 1. The predicted octanol–water partition coefficient (Wildman–Crippen LogP) is 4.86. The second kappa shape index (κ2) is 12.1. The van der Waals surface area contributed by atoms with Gasteiger partial charge in [-0.1, -0.05) is 11.6 Å². The number of halogens is 4. The number of ether oxygens (including phenoxy) is 2. The van der Waals surface area contributed by atoms with Gasteiger partial charge in [-0.2, -0.15) is 13.2 Å². The van der Waals surface area contributed by atoms with Crippen molar-refractivity contribution in [2.45, 2.75) is 31.6 Å². The maximum atomic E-state index is 13.9. The summed E-state index contributed by atoms with van der Waals surface area (Å²) in [6, 6.07) is 9.49. The van der Waals surface area contributed by atoms with Crippen LogP contribution in [0.25, 0.3) is 11.3 Å². The third kappa shape index (κ3) is 5.85. The van der Waals surface area contributed by atoms with Gasteiger partial charge in [-0.15, -0.1) is 0 Å². The molecule has 14 heteroatoms. The van der Waals surface area contributed by atoms with Crippen molar-refractivity contribution in [2.75, 3.05) is 55.8 Å². The molecular weight excluding hydrogens is 601 g/mol. The molecule has 2 atom stereocenters. The number of carbonyl (C=O) groups excluding carboxylic acids is 2. The quantitative estimate of drug-likeness (QED) is 0.398. The molecule has 0 saturated carbocycles. The molecule has 44 heavy (non-hydrogen) atoms. The molecule has 1 unspecified atom stereocenters. The van der Waals surface area contributed by atoms with Crippen LogP contribution in [0.5, 0.6) is 5.88 Å². The van der Waals surface area contributed by atoms with E-state index in [0.29, 0.717) is 62.2 Å². The summed E-state index contributed by atoms with van der Waals surface area (Å²) in [4.78, 5) is 40.7. The highest BCUT2D eigenvalue weighted by molar-refractivity contribution is 6.30. The minimum Gasteiger partial charge on any atom is -0.477 e. The van der Waals surface area contributed by atoms with Crippen molar-refractivity contribution in [1.82, 2.24) is 20.2 Å². The summed E-state index contributed by atoms with van der Waals surface area (Å²) < 4.78 is 52.7. The largest absolute Gasteiger partial charge is 0.477 e. The first-order valence-corrected chi connectivity index (χ1v) is 14.7. The van der Waals surface area contributed by atoms with Gasteiger partial charge in [0, 0.05) is 44.0 Å². The Morgan fingerprint density at radius 3 is 2.73 bits per heavy atom. The number of carbonyl (C=O) groups is 2. The zero-order valence-electron chi connectivity index (χ0n) is 23.8. The third-order valence-electron chi connectivity index (χ3n) is 7.93. The molecule has 3 amide bonds. The SMILES string of the molecule is CCOc1ncccc1-c1ccc(N2CCN3C(=O)N(c4ccc(Cl)cc4C(F)(F)F)C[C@@H]3C2)c(C(=O)NC2CCOC2)n1. The van der Waals surface area contributed by atoms with Crippen molar-refractivity contribution in [1.29, 1.82) is 0 Å². The summed E-state index contributed by atoms with van der Waals surface area (Å²) in [6.45, 7) is 4.15. The fourth-order valence-electron chi connectivity index (χ4n) is 5.86. The second-order valence-corrected chi connectivity index (χ2v) is 11.2. The molecule has 0 spiro atoms. The Hall–Kier alpha value is -4.10. The summed E-state index contributed by atoms with van der Waals surface area (Å²) in [7, 11) is 0. The number of fused-ring (bicyclic) bond motifs is 1. The van der Waals surface area contributed by atoms with E-state index in [2.05, 4.69) is 10.3 Å². The van der Waals surface area contributed by atoms with E-state index in [1.807, 2.05) is 17.9 Å². The lowest BCUT2D eigenvalue weighted by Crippen LogP contribution is -2.52. The van der Waals surface area contributed by atoms with Crippen LogP contribution in [-0.2, 0) is 10.9 Å². The Morgan fingerprint density at radius 1 is 1.16 bits per heavy atom. The first kappa shape index (κ1) is 29.9. The molecule has 3 aromatic rings. The lowest BCUT2D eigenvalue weighted by atomic mass is 10.1. The highest BCUT2D eigenvalue weighted by Crippen LogP contribution is 2.40. The number of pyridine rings is 2. The van der Waals surface area contributed by atoms with Crippen LogP contribution in [0.1, 0.15) is 29.4 Å². The summed E-state index contributed by atoms with van der Waals surface area (Å²) in [5.41, 5.74) is 0.670. The van der Waals surface area contributed by atoms with Gasteiger partial charge in [0.25, 0.3) is 5.91 Å². The van der Waals surface area contributed by atoms with Crippen molar-refractivity contribution >= 4 is 34.9 Å². The van der Waals surface area contributed by atoms with Crippen molar-refractivity contribution < 1.29 is 32.2 Å². The van der Waals surface area contributed by atoms with Crippen molar-refractivity contribution in [3.63, 3.8) is 0 Å². The van der Waals surface area contributed by atoms with Crippen LogP contribution in [-0.4, -0.2) is 84.9 Å². The smallest absolute Gasteiger partial charge is 0.418 e. The number of nitrogens with zero attached hydrogens (tertiary/aromatic N) is 5. The highest BCUT2D eigenvalue weighted by atomic mass is 35.5. The maximum absolute atomic E-state index is 13.9. The van der Waals surface area contributed by atoms with Crippen LogP contribution < -0.4 is 19.9 Å². The van der Waals surface area contributed by atoms with E-state index < -0.39 is 23.8 Å². The molecule has 3 aliphatic heterocycles. The number of nitrogens with one attached hydrogen (secondary N) is 1. The van der Waals surface area contributed by atoms with Gasteiger partial charge in [0.15, 0.2) is 5.69 Å². The number of hydrogen-bond acceptors (Lipinski definition) is 7. The van der Waals surface area contributed by atoms with Crippen LogP contribution in [0.3, 0.4) is 0 Å². The predicted molar refractivity (Wildman–Crippen MR) is 157 cm³/mol. The van der Waals surface area contributed by atoms with Gasteiger partial charge in [0.05, 0.1) is 53.5 Å². The van der Waals surface area contributed by atoms with Crippen LogP contribution >= 0.6 is 11.6 Å². The topological polar surface area (TPSA) is 100 Å². The van der Waals surface area contributed by atoms with Gasteiger partial charge in [-0.25, -0.2) is 14.8 Å². The molecule has 6 rings (SSSR count). The maximum Gasteiger partial charge on any atom is 0.418 e. The molecule has 2 aromatic heterocycles. The summed E-state index contributed by atoms with van der Waals surface area (Å²) in [6.07, 6.45) is -2.39. The van der Waals surface area contributed by atoms with Crippen LogP contribution in [0, 0.1) is 0 Å².